The number of methoxy groups -OCH3 is 2. The van der Waals surface area contributed by atoms with E-state index in [0.717, 1.165) is 43.6 Å². The molecule has 148 valence electrons. The smallest absolute Gasteiger partial charge is 0.166 e. The SMILES string of the molecule is COc1cc2c(cc1OC)[13C](=O)[13CH]([13CH2]C1CCN(Cc3ccccc3)CC1)C2. The third kappa shape index (κ3) is 3.93. The molecule has 1 aliphatic carbocycles. The van der Waals surface area contributed by atoms with Crippen LogP contribution >= 0.6 is 0 Å². The molecule has 0 aromatic heterocycles. The molecule has 4 rings (SSSR count). The van der Waals surface area contributed by atoms with E-state index in [-0.39, 0.29) is 11.7 Å². The number of likely N-dealkylation sites (tertiary alicyclic amines) is 1. The van der Waals surface area contributed by atoms with Crippen LogP contribution in [0.2, 0.25) is 0 Å². The summed E-state index contributed by atoms with van der Waals surface area (Å²) in [5.74, 6) is 2.38. The first kappa shape index (κ1) is 19.0. The van der Waals surface area contributed by atoms with E-state index in [0.29, 0.717) is 17.4 Å². The Morgan fingerprint density at radius 3 is 2.36 bits per heavy atom. The van der Waals surface area contributed by atoms with Crippen molar-refractivity contribution < 1.29 is 14.3 Å². The van der Waals surface area contributed by atoms with E-state index in [1.807, 2.05) is 12.1 Å². The lowest BCUT2D eigenvalue weighted by atomic mass is 10.0. The van der Waals surface area contributed by atoms with Crippen LogP contribution in [0.15, 0.2) is 42.5 Å². The van der Waals surface area contributed by atoms with E-state index in [4.69, 9.17) is 9.47 Å². The number of carbonyl (C=O) groups is 1. The monoisotopic (exact) mass is 382 g/mol. The maximum absolute atomic E-state index is 12.9. The summed E-state index contributed by atoms with van der Waals surface area (Å²) in [4.78, 5) is 15.5. The van der Waals surface area contributed by atoms with Gasteiger partial charge in [0.25, 0.3) is 0 Å². The fourth-order valence-electron chi connectivity index (χ4n) is 4.71. The Morgan fingerprint density at radius 1 is 1.00 bits per heavy atom. The second-order valence-electron chi connectivity index (χ2n) is 8.07. The maximum atomic E-state index is 12.9. The third-order valence-corrected chi connectivity index (χ3v) is 6.29. The Bertz CT molecular complexity index is 825. The number of fused-ring (bicyclic) bond motifs is 1. The topological polar surface area (TPSA) is 38.8 Å². The fraction of sp³-hybridized carbons (Fsp3) is 0.458. The summed E-state index contributed by atoms with van der Waals surface area (Å²) in [5, 5.41) is 0. The van der Waals surface area contributed by atoms with Crippen molar-refractivity contribution in [3.63, 3.8) is 0 Å². The highest BCUT2D eigenvalue weighted by Crippen LogP contribution is 2.39. The van der Waals surface area contributed by atoms with Crippen molar-refractivity contribution >= 4 is 5.78 Å². The average molecular weight is 382 g/mol. The van der Waals surface area contributed by atoms with Gasteiger partial charge in [-0.15, -0.1) is 0 Å². The van der Waals surface area contributed by atoms with Gasteiger partial charge >= 0.3 is 0 Å². The molecule has 2 aromatic rings. The second-order valence-corrected chi connectivity index (χ2v) is 8.07. The molecule has 0 spiro atoms. The molecule has 2 aromatic carbocycles. The number of rotatable bonds is 6. The number of hydrogen-bond acceptors (Lipinski definition) is 4. The van der Waals surface area contributed by atoms with E-state index in [9.17, 15) is 4.79 Å². The van der Waals surface area contributed by atoms with Gasteiger partial charge in [0.1, 0.15) is 0 Å². The molecule has 4 nitrogen and oxygen atoms in total. The molecule has 1 atom stereocenters. The lowest BCUT2D eigenvalue weighted by Crippen LogP contribution is -2.34. The van der Waals surface area contributed by atoms with Crippen LogP contribution in [0.5, 0.6) is 11.5 Å². The van der Waals surface area contributed by atoms with Gasteiger partial charge < -0.3 is 9.47 Å². The van der Waals surface area contributed by atoms with Gasteiger partial charge in [-0.05, 0) is 68.0 Å². The van der Waals surface area contributed by atoms with Crippen molar-refractivity contribution in [2.75, 3.05) is 27.3 Å². The van der Waals surface area contributed by atoms with Crippen molar-refractivity contribution in [1.82, 2.24) is 4.90 Å². The molecule has 4 heteroatoms. The second kappa shape index (κ2) is 8.36. The van der Waals surface area contributed by atoms with Crippen molar-refractivity contribution in [3.8, 4) is 11.5 Å². The van der Waals surface area contributed by atoms with Crippen molar-refractivity contribution in [2.24, 2.45) is 11.8 Å². The first-order valence-electron chi connectivity index (χ1n) is 10.2. The van der Waals surface area contributed by atoms with Gasteiger partial charge in [-0.25, -0.2) is 0 Å². The maximum Gasteiger partial charge on any atom is 0.166 e. The summed E-state index contributed by atoms with van der Waals surface area (Å²) < 4.78 is 10.8. The quantitative estimate of drug-likeness (QED) is 0.696. The van der Waals surface area contributed by atoms with Crippen LogP contribution in [-0.4, -0.2) is 38.0 Å². The molecule has 28 heavy (non-hydrogen) atoms. The molecule has 0 N–H and O–H groups in total. The predicted molar refractivity (Wildman–Crippen MR) is 110 cm³/mol. The van der Waals surface area contributed by atoms with Gasteiger partial charge in [-0.1, -0.05) is 30.3 Å². The van der Waals surface area contributed by atoms with Gasteiger partial charge in [0.05, 0.1) is 14.2 Å². The Morgan fingerprint density at radius 2 is 1.68 bits per heavy atom. The molecule has 1 fully saturated rings. The highest BCUT2D eigenvalue weighted by Gasteiger charge is 2.34. The molecular weight excluding hydrogens is 353 g/mol. The highest BCUT2D eigenvalue weighted by atomic mass is 16.5. The zero-order valence-corrected chi connectivity index (χ0v) is 16.8. The van der Waals surface area contributed by atoms with Crippen LogP contribution in [0.1, 0.15) is 40.7 Å². The summed E-state index contributed by atoms with van der Waals surface area (Å²) in [6.07, 6.45) is 4.19. The zero-order chi connectivity index (χ0) is 19.5. The minimum absolute atomic E-state index is 0.109. The molecule has 2 aliphatic rings. The minimum Gasteiger partial charge on any atom is -0.493 e. The lowest BCUT2D eigenvalue weighted by Gasteiger charge is -2.32. The van der Waals surface area contributed by atoms with Gasteiger partial charge in [0, 0.05) is 18.0 Å². The standard InChI is InChI=1S/C24H29NO3/c1-27-22-14-19-13-20(24(26)21(19)15-23(22)28-2)12-17-8-10-25(11-9-17)16-18-6-4-3-5-7-18/h3-7,14-15,17,20H,8-13,16H2,1-2H3/i12+1,20+1,24+1. The summed E-state index contributed by atoms with van der Waals surface area (Å²) in [5.41, 5.74) is 3.31. The fourth-order valence-corrected chi connectivity index (χ4v) is 4.71. The lowest BCUT2D eigenvalue weighted by molar-refractivity contribution is 0.0895. The van der Waals surface area contributed by atoms with Crippen LogP contribution in [-0.2, 0) is 13.0 Å². The number of benzene rings is 2. The summed E-state index contributed by atoms with van der Waals surface area (Å²) in [6.45, 7) is 3.27. The molecule has 0 bridgehead atoms. The number of nitrogens with zero attached hydrogens (tertiary/aromatic N) is 1. The number of ketones is 1. The van der Waals surface area contributed by atoms with Crippen LogP contribution in [0.3, 0.4) is 0 Å². The van der Waals surface area contributed by atoms with Gasteiger partial charge in [0.2, 0.25) is 0 Å². The van der Waals surface area contributed by atoms with Crippen molar-refractivity contribution in [3.05, 3.63) is 59.2 Å². The molecule has 0 saturated carbocycles. The summed E-state index contributed by atoms with van der Waals surface area (Å²) in [7, 11) is 3.26. The van der Waals surface area contributed by atoms with Crippen LogP contribution in [0.25, 0.3) is 0 Å². The van der Waals surface area contributed by atoms with Crippen LogP contribution < -0.4 is 9.47 Å². The Hall–Kier alpha value is -2.33. The van der Waals surface area contributed by atoms with Gasteiger partial charge in [0.15, 0.2) is 17.3 Å². The largest absolute Gasteiger partial charge is 0.493 e. The number of carbonyl (C=O) groups excluding carboxylic acids is 1. The Balaban J connectivity index is 1.34. The normalized spacial score (nSPS) is 20.2. The zero-order valence-electron chi connectivity index (χ0n) is 16.8. The molecule has 1 heterocycles. The molecule has 1 saturated heterocycles. The third-order valence-electron chi connectivity index (χ3n) is 6.29. The van der Waals surface area contributed by atoms with Crippen molar-refractivity contribution in [2.45, 2.75) is 32.2 Å². The first-order chi connectivity index (χ1) is 13.7. The van der Waals surface area contributed by atoms with E-state index < -0.39 is 0 Å². The minimum atomic E-state index is 0.109. The van der Waals surface area contributed by atoms with Crippen LogP contribution in [0.4, 0.5) is 0 Å². The Kier molecular flexibility index (Phi) is 5.67. The molecule has 0 amide bonds. The van der Waals surface area contributed by atoms with Crippen LogP contribution in [0, 0.1) is 11.8 Å². The number of ether oxygens (including phenoxy) is 2. The van der Waals surface area contributed by atoms with Gasteiger partial charge in [-0.2, -0.15) is 0 Å². The summed E-state index contributed by atoms with van der Waals surface area (Å²) >= 11 is 0. The predicted octanol–water partition coefficient (Wildman–Crippen LogP) is 4.36. The molecule has 0 radical (unpaired) electrons. The molecular formula is C24H29NO3. The number of piperidine rings is 1. The highest BCUT2D eigenvalue weighted by molar-refractivity contribution is 6.02. The molecule has 1 aliphatic heterocycles. The van der Waals surface area contributed by atoms with E-state index >= 15 is 0 Å². The number of Topliss-reactive ketones (excluding diaryl/α,β-unsaturated/α-hetero) is 1. The number of hydrogen-bond donors (Lipinski definition) is 0. The van der Waals surface area contributed by atoms with E-state index in [2.05, 4.69) is 35.2 Å². The van der Waals surface area contributed by atoms with Crippen molar-refractivity contribution in [1.29, 1.82) is 0 Å². The average Bonchev–Trinajstić information content (AvgIpc) is 3.03. The van der Waals surface area contributed by atoms with E-state index in [1.165, 1.54) is 18.4 Å². The molecule has 1 unspecified atom stereocenters. The first-order valence-corrected chi connectivity index (χ1v) is 10.2. The van der Waals surface area contributed by atoms with Gasteiger partial charge in [-0.3, -0.25) is 9.69 Å². The van der Waals surface area contributed by atoms with E-state index in [1.54, 1.807) is 14.2 Å². The summed E-state index contributed by atoms with van der Waals surface area (Å²) in [6, 6.07) is 14.5. The Labute approximate surface area is 167 Å².